The van der Waals surface area contributed by atoms with Gasteiger partial charge >= 0.3 is 5.97 Å². The van der Waals surface area contributed by atoms with E-state index in [1.165, 1.54) is 12.2 Å². The van der Waals surface area contributed by atoms with Crippen LogP contribution in [0.1, 0.15) is 24.3 Å². The highest BCUT2D eigenvalue weighted by molar-refractivity contribution is 5.74. The van der Waals surface area contributed by atoms with E-state index in [1.807, 2.05) is 0 Å². The summed E-state index contributed by atoms with van der Waals surface area (Å²) in [7, 11) is 1.15. The van der Waals surface area contributed by atoms with Gasteiger partial charge in [-0.05, 0) is 18.8 Å². The Kier molecular flexibility index (Phi) is 4.29. The number of carbonyl (C=O) groups excluding carboxylic acids is 1. The lowest BCUT2D eigenvalue weighted by molar-refractivity contribution is -0.144. The van der Waals surface area contributed by atoms with Gasteiger partial charge in [-0.1, -0.05) is 12.2 Å². The quantitative estimate of drug-likeness (QED) is 0.274. The summed E-state index contributed by atoms with van der Waals surface area (Å²) in [4.78, 5) is 11.4. The van der Waals surface area contributed by atoms with Crippen LogP contribution in [0, 0.1) is 35.0 Å². The molecule has 114 valence electrons. The van der Waals surface area contributed by atoms with Gasteiger partial charge in [0.05, 0.1) is 13.0 Å². The number of carbonyl (C=O) groups is 1. The first-order valence-corrected chi connectivity index (χ1v) is 6.14. The van der Waals surface area contributed by atoms with Crippen molar-refractivity contribution >= 4 is 5.97 Å². The maximum absolute atomic E-state index is 13.7. The third kappa shape index (κ3) is 2.64. The third-order valence-electron chi connectivity index (χ3n) is 3.48. The molecule has 2 atom stereocenters. The summed E-state index contributed by atoms with van der Waals surface area (Å²) in [5, 5.41) is 0. The van der Waals surface area contributed by atoms with Crippen LogP contribution in [0.5, 0.6) is 0 Å². The molecular formula is C14H11F5O2. The molecule has 0 saturated heterocycles. The van der Waals surface area contributed by atoms with Gasteiger partial charge in [0, 0.05) is 5.56 Å². The molecule has 0 heterocycles. The van der Waals surface area contributed by atoms with Crippen LogP contribution in [0.25, 0.3) is 0 Å². The lowest BCUT2D eigenvalue weighted by Crippen LogP contribution is -2.22. The molecule has 0 unspecified atom stereocenters. The number of rotatable bonds is 2. The summed E-state index contributed by atoms with van der Waals surface area (Å²) < 4.78 is 71.4. The van der Waals surface area contributed by atoms with Crippen LogP contribution in [-0.4, -0.2) is 13.1 Å². The second-order valence-electron chi connectivity index (χ2n) is 4.71. The SMILES string of the molecule is COC(=O)[C@@H]1C=CC[C@H](c2c(F)c(F)c(F)c(F)c2F)C1. The molecule has 0 radical (unpaired) electrons. The molecule has 2 nitrogen and oxygen atoms in total. The minimum atomic E-state index is -2.19. The van der Waals surface area contributed by atoms with Crippen molar-refractivity contribution in [3.8, 4) is 0 Å². The van der Waals surface area contributed by atoms with Crippen molar-refractivity contribution in [1.82, 2.24) is 0 Å². The maximum Gasteiger partial charge on any atom is 0.312 e. The lowest BCUT2D eigenvalue weighted by atomic mass is 9.81. The number of halogens is 5. The van der Waals surface area contributed by atoms with Crippen molar-refractivity contribution in [3.63, 3.8) is 0 Å². The van der Waals surface area contributed by atoms with Gasteiger partial charge in [-0.15, -0.1) is 0 Å². The van der Waals surface area contributed by atoms with Crippen molar-refractivity contribution in [2.24, 2.45) is 5.92 Å². The Balaban J connectivity index is 2.44. The zero-order valence-electron chi connectivity index (χ0n) is 10.9. The Morgan fingerprint density at radius 1 is 1.05 bits per heavy atom. The number of ether oxygens (including phenoxy) is 1. The largest absolute Gasteiger partial charge is 0.469 e. The van der Waals surface area contributed by atoms with Crippen LogP contribution in [0.15, 0.2) is 12.2 Å². The molecule has 0 spiro atoms. The van der Waals surface area contributed by atoms with E-state index in [0.29, 0.717) is 0 Å². The van der Waals surface area contributed by atoms with Crippen LogP contribution in [-0.2, 0) is 9.53 Å². The summed E-state index contributed by atoms with van der Waals surface area (Å²) in [5.41, 5.74) is -0.885. The number of benzene rings is 1. The molecule has 1 aromatic carbocycles. The Labute approximate surface area is 117 Å². The van der Waals surface area contributed by atoms with E-state index in [9.17, 15) is 26.7 Å². The standard InChI is InChI=1S/C14H11F5O2/c1-21-14(20)7-4-2-3-6(5-7)8-9(15)11(17)13(19)12(18)10(8)16/h2,4,6-7H,3,5H2,1H3/t6-,7+/m0/s1. The number of esters is 1. The summed E-state index contributed by atoms with van der Waals surface area (Å²) in [5.74, 6) is -12.2. The van der Waals surface area contributed by atoms with Gasteiger partial charge in [0.1, 0.15) is 0 Å². The molecule has 1 aliphatic rings. The molecule has 0 aromatic heterocycles. The zero-order valence-corrected chi connectivity index (χ0v) is 10.9. The van der Waals surface area contributed by atoms with Crippen molar-refractivity contribution < 1.29 is 31.5 Å². The smallest absolute Gasteiger partial charge is 0.312 e. The van der Waals surface area contributed by atoms with Gasteiger partial charge in [-0.25, -0.2) is 22.0 Å². The van der Waals surface area contributed by atoms with E-state index in [1.54, 1.807) is 0 Å². The van der Waals surface area contributed by atoms with E-state index in [2.05, 4.69) is 4.74 Å². The van der Waals surface area contributed by atoms with Crippen LogP contribution in [0.4, 0.5) is 22.0 Å². The maximum atomic E-state index is 13.7. The number of methoxy groups -OCH3 is 1. The Morgan fingerprint density at radius 3 is 2.10 bits per heavy atom. The Bertz CT molecular complexity index is 583. The van der Waals surface area contributed by atoms with Crippen molar-refractivity contribution in [3.05, 3.63) is 46.8 Å². The molecule has 0 aliphatic heterocycles. The van der Waals surface area contributed by atoms with Crippen LogP contribution >= 0.6 is 0 Å². The first kappa shape index (κ1) is 15.5. The van der Waals surface area contributed by atoms with E-state index in [0.717, 1.165) is 7.11 Å². The first-order valence-electron chi connectivity index (χ1n) is 6.14. The van der Waals surface area contributed by atoms with Gasteiger partial charge in [0.15, 0.2) is 23.3 Å². The van der Waals surface area contributed by atoms with Crippen LogP contribution < -0.4 is 0 Å². The van der Waals surface area contributed by atoms with Crippen molar-refractivity contribution in [2.75, 3.05) is 7.11 Å². The third-order valence-corrected chi connectivity index (χ3v) is 3.48. The molecule has 1 aromatic rings. The number of allylic oxidation sites excluding steroid dienone is 1. The van der Waals surface area contributed by atoms with Crippen molar-refractivity contribution in [1.29, 1.82) is 0 Å². The van der Waals surface area contributed by atoms with E-state index in [-0.39, 0.29) is 12.8 Å². The fourth-order valence-electron chi connectivity index (χ4n) is 2.43. The predicted octanol–water partition coefficient (Wildman–Crippen LogP) is 3.60. The highest BCUT2D eigenvalue weighted by Gasteiger charge is 2.33. The fraction of sp³-hybridized carbons (Fsp3) is 0.357. The van der Waals surface area contributed by atoms with E-state index in [4.69, 9.17) is 0 Å². The molecule has 0 amide bonds. The zero-order chi connectivity index (χ0) is 15.7. The van der Waals surface area contributed by atoms with Gasteiger partial charge < -0.3 is 4.74 Å². The first-order chi connectivity index (χ1) is 9.88. The average Bonchev–Trinajstić information content (AvgIpc) is 2.50. The fourth-order valence-corrected chi connectivity index (χ4v) is 2.43. The number of hydrogen-bond donors (Lipinski definition) is 0. The lowest BCUT2D eigenvalue weighted by Gasteiger charge is -2.24. The van der Waals surface area contributed by atoms with E-state index >= 15 is 0 Å². The van der Waals surface area contributed by atoms with Gasteiger partial charge in [0.2, 0.25) is 5.82 Å². The Hall–Kier alpha value is -1.92. The highest BCUT2D eigenvalue weighted by atomic mass is 19.2. The molecule has 0 bridgehead atoms. The molecular weight excluding hydrogens is 295 g/mol. The molecule has 1 aliphatic carbocycles. The summed E-state index contributed by atoms with van der Waals surface area (Å²) >= 11 is 0. The predicted molar refractivity (Wildman–Crippen MR) is 62.9 cm³/mol. The second-order valence-corrected chi connectivity index (χ2v) is 4.71. The monoisotopic (exact) mass is 306 g/mol. The van der Waals surface area contributed by atoms with Crippen molar-refractivity contribution in [2.45, 2.75) is 18.8 Å². The molecule has 0 saturated carbocycles. The summed E-state index contributed by atoms with van der Waals surface area (Å²) in [6.45, 7) is 0. The minimum Gasteiger partial charge on any atom is -0.469 e. The van der Waals surface area contributed by atoms with E-state index < -0.39 is 52.5 Å². The van der Waals surface area contributed by atoms with Gasteiger partial charge in [0.25, 0.3) is 0 Å². The summed E-state index contributed by atoms with van der Waals surface area (Å²) in [6.07, 6.45) is 2.95. The highest BCUT2D eigenvalue weighted by Crippen LogP contribution is 2.37. The molecule has 0 N–H and O–H groups in total. The number of hydrogen-bond acceptors (Lipinski definition) is 2. The topological polar surface area (TPSA) is 26.3 Å². The summed E-state index contributed by atoms with van der Waals surface area (Å²) in [6, 6.07) is 0. The Morgan fingerprint density at radius 2 is 1.57 bits per heavy atom. The van der Waals surface area contributed by atoms with Crippen LogP contribution in [0.3, 0.4) is 0 Å². The normalized spacial score (nSPS) is 21.4. The molecule has 7 heteroatoms. The van der Waals surface area contributed by atoms with Gasteiger partial charge in [-0.2, -0.15) is 0 Å². The second kappa shape index (κ2) is 5.83. The molecule has 0 fully saturated rings. The molecule has 2 rings (SSSR count). The average molecular weight is 306 g/mol. The van der Waals surface area contributed by atoms with Gasteiger partial charge in [-0.3, -0.25) is 4.79 Å². The minimum absolute atomic E-state index is 0.0752. The van der Waals surface area contributed by atoms with Crippen LogP contribution in [0.2, 0.25) is 0 Å². The molecule has 21 heavy (non-hydrogen) atoms.